The van der Waals surface area contributed by atoms with Crippen molar-refractivity contribution in [2.24, 2.45) is 0 Å². The Morgan fingerprint density at radius 1 is 1.42 bits per heavy atom. The molecule has 1 unspecified atom stereocenters. The molecular weight excluding hydrogens is 266 g/mol. The lowest BCUT2D eigenvalue weighted by Crippen LogP contribution is -2.48. The third-order valence-electron chi connectivity index (χ3n) is 3.36. The predicted molar refractivity (Wildman–Crippen MR) is 74.6 cm³/mol. The number of ether oxygens (including phenoxy) is 1. The average molecular weight is 286 g/mol. The number of benzene rings is 1. The van der Waals surface area contributed by atoms with Crippen LogP contribution in [0, 0.1) is 0 Å². The standard InChI is InChI=1S/C14H20ClNO3/c15-11-3-1-4-13(7-11)19-9-12(17)8-16-10-14(18)5-2-6-14/h1,3-4,7,12,16-18H,2,5-6,8-10H2. The zero-order valence-electron chi connectivity index (χ0n) is 10.8. The first-order valence-electron chi connectivity index (χ1n) is 6.57. The van der Waals surface area contributed by atoms with Crippen LogP contribution in [0.1, 0.15) is 19.3 Å². The molecule has 1 atom stereocenters. The average Bonchev–Trinajstić information content (AvgIpc) is 2.34. The van der Waals surface area contributed by atoms with Gasteiger partial charge in [0, 0.05) is 18.1 Å². The van der Waals surface area contributed by atoms with Gasteiger partial charge in [-0.3, -0.25) is 0 Å². The highest BCUT2D eigenvalue weighted by Gasteiger charge is 2.33. The van der Waals surface area contributed by atoms with Crippen LogP contribution in [0.2, 0.25) is 5.02 Å². The van der Waals surface area contributed by atoms with Gasteiger partial charge in [0.25, 0.3) is 0 Å². The Morgan fingerprint density at radius 3 is 2.84 bits per heavy atom. The molecule has 4 nitrogen and oxygen atoms in total. The largest absolute Gasteiger partial charge is 0.491 e. The fourth-order valence-corrected chi connectivity index (χ4v) is 2.22. The highest BCUT2D eigenvalue weighted by atomic mass is 35.5. The van der Waals surface area contributed by atoms with Gasteiger partial charge in [0.2, 0.25) is 0 Å². The van der Waals surface area contributed by atoms with Crippen LogP contribution in [0.25, 0.3) is 0 Å². The number of nitrogens with one attached hydrogen (secondary N) is 1. The molecule has 0 amide bonds. The van der Waals surface area contributed by atoms with E-state index in [1.807, 2.05) is 0 Å². The minimum absolute atomic E-state index is 0.200. The number of aliphatic hydroxyl groups excluding tert-OH is 1. The van der Waals surface area contributed by atoms with E-state index in [1.54, 1.807) is 24.3 Å². The lowest BCUT2D eigenvalue weighted by molar-refractivity contribution is -0.0334. The second-order valence-electron chi connectivity index (χ2n) is 5.13. The predicted octanol–water partition coefficient (Wildman–Crippen LogP) is 1.58. The minimum Gasteiger partial charge on any atom is -0.491 e. The number of rotatable bonds is 7. The van der Waals surface area contributed by atoms with Crippen molar-refractivity contribution in [2.75, 3.05) is 19.7 Å². The summed E-state index contributed by atoms with van der Waals surface area (Å²) in [5.74, 6) is 0.643. The summed E-state index contributed by atoms with van der Waals surface area (Å²) in [4.78, 5) is 0. The van der Waals surface area contributed by atoms with Gasteiger partial charge in [-0.25, -0.2) is 0 Å². The first-order valence-corrected chi connectivity index (χ1v) is 6.95. The van der Waals surface area contributed by atoms with Crippen molar-refractivity contribution < 1.29 is 14.9 Å². The van der Waals surface area contributed by atoms with Crippen LogP contribution < -0.4 is 10.1 Å². The monoisotopic (exact) mass is 285 g/mol. The summed E-state index contributed by atoms with van der Waals surface area (Å²) in [5.41, 5.74) is -0.562. The Morgan fingerprint density at radius 2 is 2.21 bits per heavy atom. The lowest BCUT2D eigenvalue weighted by atomic mass is 9.80. The molecule has 0 aromatic heterocycles. The van der Waals surface area contributed by atoms with Gasteiger partial charge in [0.1, 0.15) is 18.5 Å². The van der Waals surface area contributed by atoms with E-state index < -0.39 is 11.7 Å². The molecule has 0 heterocycles. The van der Waals surface area contributed by atoms with Crippen LogP contribution in [0.15, 0.2) is 24.3 Å². The van der Waals surface area contributed by atoms with Crippen LogP contribution in [0.4, 0.5) is 0 Å². The van der Waals surface area contributed by atoms with E-state index in [-0.39, 0.29) is 6.61 Å². The van der Waals surface area contributed by atoms with Crippen LogP contribution >= 0.6 is 11.6 Å². The molecule has 19 heavy (non-hydrogen) atoms. The summed E-state index contributed by atoms with van der Waals surface area (Å²) in [6, 6.07) is 7.07. The molecule has 3 N–H and O–H groups in total. The molecule has 1 fully saturated rings. The summed E-state index contributed by atoms with van der Waals surface area (Å²) in [6.07, 6.45) is 2.16. The fourth-order valence-electron chi connectivity index (χ4n) is 2.04. The van der Waals surface area contributed by atoms with Crippen molar-refractivity contribution in [3.05, 3.63) is 29.3 Å². The maximum Gasteiger partial charge on any atom is 0.120 e. The molecule has 1 aromatic rings. The van der Waals surface area contributed by atoms with Gasteiger partial charge < -0.3 is 20.3 Å². The fraction of sp³-hybridized carbons (Fsp3) is 0.571. The first kappa shape index (κ1) is 14.6. The van der Waals surface area contributed by atoms with Gasteiger partial charge in [-0.1, -0.05) is 17.7 Å². The zero-order valence-corrected chi connectivity index (χ0v) is 11.6. The molecular formula is C14H20ClNO3. The number of halogens is 1. The zero-order chi connectivity index (χ0) is 13.7. The molecule has 0 bridgehead atoms. The van der Waals surface area contributed by atoms with E-state index >= 15 is 0 Å². The van der Waals surface area contributed by atoms with E-state index in [1.165, 1.54) is 0 Å². The SMILES string of the molecule is OC(CNCC1(O)CCC1)COc1cccc(Cl)c1. The summed E-state index contributed by atoms with van der Waals surface area (Å²) in [7, 11) is 0. The topological polar surface area (TPSA) is 61.7 Å². The first-order chi connectivity index (χ1) is 9.07. The molecule has 0 aliphatic heterocycles. The van der Waals surface area contributed by atoms with Crippen molar-refractivity contribution in [2.45, 2.75) is 31.0 Å². The Balaban J connectivity index is 1.63. The van der Waals surface area contributed by atoms with Gasteiger partial charge in [-0.15, -0.1) is 0 Å². The van der Waals surface area contributed by atoms with Crippen molar-refractivity contribution >= 4 is 11.6 Å². The van der Waals surface area contributed by atoms with E-state index in [2.05, 4.69) is 5.32 Å². The number of hydrogen-bond donors (Lipinski definition) is 3. The van der Waals surface area contributed by atoms with E-state index in [0.717, 1.165) is 19.3 Å². The Hall–Kier alpha value is -0.810. The maximum atomic E-state index is 9.87. The normalized spacial score (nSPS) is 18.7. The second-order valence-corrected chi connectivity index (χ2v) is 5.57. The maximum absolute atomic E-state index is 9.87. The summed E-state index contributed by atoms with van der Waals surface area (Å²) in [6.45, 7) is 1.13. The molecule has 106 valence electrons. The summed E-state index contributed by atoms with van der Waals surface area (Å²) in [5, 5.41) is 23.3. The van der Waals surface area contributed by atoms with E-state index in [9.17, 15) is 10.2 Å². The summed E-state index contributed by atoms with van der Waals surface area (Å²) < 4.78 is 5.43. The second kappa shape index (κ2) is 6.57. The third-order valence-corrected chi connectivity index (χ3v) is 3.59. The minimum atomic E-state index is -0.609. The molecule has 0 radical (unpaired) electrons. The summed E-state index contributed by atoms with van der Waals surface area (Å²) >= 11 is 5.83. The smallest absolute Gasteiger partial charge is 0.120 e. The Kier molecular flexibility index (Phi) is 5.05. The van der Waals surface area contributed by atoms with Crippen LogP contribution in [-0.4, -0.2) is 41.6 Å². The molecule has 2 rings (SSSR count). The molecule has 1 saturated carbocycles. The number of hydrogen-bond acceptors (Lipinski definition) is 4. The van der Waals surface area contributed by atoms with Crippen LogP contribution in [0.5, 0.6) is 5.75 Å². The molecule has 5 heteroatoms. The van der Waals surface area contributed by atoms with Crippen LogP contribution in [0.3, 0.4) is 0 Å². The lowest BCUT2D eigenvalue weighted by Gasteiger charge is -2.36. The van der Waals surface area contributed by atoms with Gasteiger partial charge >= 0.3 is 0 Å². The quantitative estimate of drug-likeness (QED) is 0.712. The highest BCUT2D eigenvalue weighted by molar-refractivity contribution is 6.30. The molecule has 1 aliphatic carbocycles. The molecule has 0 saturated heterocycles. The molecule has 0 spiro atoms. The van der Waals surface area contributed by atoms with E-state index in [4.69, 9.17) is 16.3 Å². The Labute approximate surface area is 118 Å². The van der Waals surface area contributed by atoms with Crippen molar-refractivity contribution in [3.63, 3.8) is 0 Å². The molecule has 1 aliphatic rings. The van der Waals surface area contributed by atoms with Gasteiger partial charge in [0.05, 0.1) is 5.60 Å². The highest BCUT2D eigenvalue weighted by Crippen LogP contribution is 2.30. The number of aliphatic hydroxyl groups is 2. The van der Waals surface area contributed by atoms with E-state index in [0.29, 0.717) is 23.9 Å². The van der Waals surface area contributed by atoms with Gasteiger partial charge in [-0.05, 0) is 37.5 Å². The van der Waals surface area contributed by atoms with Crippen molar-refractivity contribution in [3.8, 4) is 5.75 Å². The third kappa shape index (κ3) is 4.66. The van der Waals surface area contributed by atoms with Gasteiger partial charge in [-0.2, -0.15) is 0 Å². The van der Waals surface area contributed by atoms with Crippen molar-refractivity contribution in [1.29, 1.82) is 0 Å². The molecule has 1 aromatic carbocycles. The van der Waals surface area contributed by atoms with Crippen LogP contribution in [-0.2, 0) is 0 Å². The van der Waals surface area contributed by atoms with Crippen molar-refractivity contribution in [1.82, 2.24) is 5.32 Å². The van der Waals surface area contributed by atoms with Gasteiger partial charge in [0.15, 0.2) is 0 Å². The Bertz CT molecular complexity index is 409.